The number of phenolic OH excluding ortho intramolecular Hbond substituents is 2. The van der Waals surface area contributed by atoms with E-state index >= 15 is 0 Å². The molecule has 0 fully saturated rings. The normalized spacial score (nSPS) is 10.3. The van der Waals surface area contributed by atoms with Crippen LogP contribution in [-0.2, 0) is 19.3 Å². The zero-order valence-electron chi connectivity index (χ0n) is 13.3. The first kappa shape index (κ1) is 16.6. The van der Waals surface area contributed by atoms with Gasteiger partial charge in [0.05, 0.1) is 0 Å². The molecule has 0 atom stereocenters. The molecule has 0 bridgehead atoms. The molecule has 0 saturated carbocycles. The Kier molecular flexibility index (Phi) is 5.42. The minimum absolute atomic E-state index is 0.255. The van der Waals surface area contributed by atoms with Gasteiger partial charge in [0, 0.05) is 11.1 Å². The maximum absolute atomic E-state index is 10.2. The summed E-state index contributed by atoms with van der Waals surface area (Å²) in [5.41, 5.74) is 4.64. The molecule has 0 heterocycles. The minimum atomic E-state index is 0.255. The maximum atomic E-state index is 10.2. The molecule has 0 aliphatic heterocycles. The SMILES string of the molecule is C=CCc1c(O)cccc1-c1ccc(O)c(CC=C)c1CC=C. The third-order valence-electron chi connectivity index (χ3n) is 3.89. The van der Waals surface area contributed by atoms with E-state index in [1.54, 1.807) is 24.3 Å². The predicted molar refractivity (Wildman–Crippen MR) is 96.9 cm³/mol. The van der Waals surface area contributed by atoms with Gasteiger partial charge in [-0.05, 0) is 48.1 Å². The Hall–Kier alpha value is -2.74. The standard InChI is InChI=1S/C21H22O2/c1-4-8-15-17(13-14-21(23)18(15)9-5-2)16-11-7-12-20(22)19(16)10-6-3/h4-7,11-14,22-23H,1-3,8-10H2. The Balaban J connectivity index is 2.75. The zero-order chi connectivity index (χ0) is 16.8. The topological polar surface area (TPSA) is 40.5 Å². The first-order valence-corrected chi connectivity index (χ1v) is 7.61. The summed E-state index contributed by atoms with van der Waals surface area (Å²) < 4.78 is 0. The summed E-state index contributed by atoms with van der Waals surface area (Å²) in [4.78, 5) is 0. The van der Waals surface area contributed by atoms with Gasteiger partial charge in [-0.1, -0.05) is 36.4 Å². The number of rotatable bonds is 7. The molecule has 0 aliphatic rings. The lowest BCUT2D eigenvalue weighted by atomic mass is 9.88. The number of aromatic hydroxyl groups is 2. The first-order chi connectivity index (χ1) is 11.1. The highest BCUT2D eigenvalue weighted by Crippen LogP contribution is 2.37. The zero-order valence-corrected chi connectivity index (χ0v) is 13.3. The van der Waals surface area contributed by atoms with Crippen LogP contribution in [0.2, 0.25) is 0 Å². The van der Waals surface area contributed by atoms with Crippen molar-refractivity contribution in [3.63, 3.8) is 0 Å². The average Bonchev–Trinajstić information content (AvgIpc) is 2.54. The van der Waals surface area contributed by atoms with Gasteiger partial charge in [0.1, 0.15) is 11.5 Å². The van der Waals surface area contributed by atoms with Gasteiger partial charge in [-0.3, -0.25) is 0 Å². The summed E-state index contributed by atoms with van der Waals surface area (Å²) in [5, 5.41) is 20.4. The molecule has 23 heavy (non-hydrogen) atoms. The Labute approximate surface area is 137 Å². The maximum Gasteiger partial charge on any atom is 0.119 e. The van der Waals surface area contributed by atoms with Gasteiger partial charge in [-0.2, -0.15) is 0 Å². The lowest BCUT2D eigenvalue weighted by Gasteiger charge is -2.17. The highest BCUT2D eigenvalue weighted by molar-refractivity contribution is 5.75. The third-order valence-corrected chi connectivity index (χ3v) is 3.89. The van der Waals surface area contributed by atoms with Crippen LogP contribution < -0.4 is 0 Å². The molecule has 2 rings (SSSR count). The summed E-state index contributed by atoms with van der Waals surface area (Å²) in [6.45, 7) is 11.4. The van der Waals surface area contributed by atoms with Gasteiger partial charge in [0.15, 0.2) is 0 Å². The Bertz CT molecular complexity index is 742. The lowest BCUT2D eigenvalue weighted by molar-refractivity contribution is 0.469. The molecule has 2 aromatic rings. The fourth-order valence-corrected chi connectivity index (χ4v) is 2.87. The van der Waals surface area contributed by atoms with Gasteiger partial charge in [-0.15, -0.1) is 19.7 Å². The van der Waals surface area contributed by atoms with Gasteiger partial charge in [-0.25, -0.2) is 0 Å². The monoisotopic (exact) mass is 306 g/mol. The van der Waals surface area contributed by atoms with E-state index < -0.39 is 0 Å². The molecule has 2 aromatic carbocycles. The van der Waals surface area contributed by atoms with Crippen LogP contribution in [0.5, 0.6) is 11.5 Å². The van der Waals surface area contributed by atoms with Crippen LogP contribution in [0.15, 0.2) is 68.3 Å². The van der Waals surface area contributed by atoms with Crippen LogP contribution in [0, 0.1) is 0 Å². The number of benzene rings is 2. The number of allylic oxidation sites excluding steroid dienone is 3. The predicted octanol–water partition coefficient (Wildman–Crippen LogP) is 4.95. The number of hydrogen-bond acceptors (Lipinski definition) is 2. The Morgan fingerprint density at radius 3 is 1.83 bits per heavy atom. The van der Waals surface area contributed by atoms with Crippen molar-refractivity contribution in [2.45, 2.75) is 19.3 Å². The highest BCUT2D eigenvalue weighted by Gasteiger charge is 2.16. The van der Waals surface area contributed by atoms with Crippen molar-refractivity contribution in [3.05, 3.63) is 85.0 Å². The van der Waals surface area contributed by atoms with Crippen LogP contribution in [-0.4, -0.2) is 10.2 Å². The van der Waals surface area contributed by atoms with Gasteiger partial charge < -0.3 is 10.2 Å². The summed E-state index contributed by atoms with van der Waals surface area (Å²) in [5.74, 6) is 0.515. The van der Waals surface area contributed by atoms with E-state index in [9.17, 15) is 10.2 Å². The Morgan fingerprint density at radius 1 is 0.652 bits per heavy atom. The van der Waals surface area contributed by atoms with Gasteiger partial charge in [0.2, 0.25) is 0 Å². The quantitative estimate of drug-likeness (QED) is 0.710. The van der Waals surface area contributed by atoms with E-state index in [4.69, 9.17) is 0 Å². The molecule has 118 valence electrons. The van der Waals surface area contributed by atoms with Crippen molar-refractivity contribution in [2.75, 3.05) is 0 Å². The summed E-state index contributed by atoms with van der Waals surface area (Å²) in [6, 6.07) is 9.08. The molecule has 0 unspecified atom stereocenters. The average molecular weight is 306 g/mol. The molecule has 0 aromatic heterocycles. The molecular weight excluding hydrogens is 284 g/mol. The summed E-state index contributed by atoms with van der Waals surface area (Å²) >= 11 is 0. The summed E-state index contributed by atoms with van der Waals surface area (Å²) in [6.07, 6.45) is 7.16. The van der Waals surface area contributed by atoms with Crippen molar-refractivity contribution >= 4 is 0 Å². The van der Waals surface area contributed by atoms with E-state index in [0.29, 0.717) is 19.3 Å². The smallest absolute Gasteiger partial charge is 0.119 e. The van der Waals surface area contributed by atoms with E-state index in [1.807, 2.05) is 24.3 Å². The van der Waals surface area contributed by atoms with Crippen molar-refractivity contribution in [3.8, 4) is 22.6 Å². The third kappa shape index (κ3) is 3.37. The molecule has 2 N–H and O–H groups in total. The molecule has 0 spiro atoms. The largest absolute Gasteiger partial charge is 0.508 e. The fourth-order valence-electron chi connectivity index (χ4n) is 2.87. The number of hydrogen-bond donors (Lipinski definition) is 2. The van der Waals surface area contributed by atoms with E-state index in [1.165, 1.54) is 0 Å². The van der Waals surface area contributed by atoms with Crippen LogP contribution in [0.1, 0.15) is 16.7 Å². The second-order valence-electron chi connectivity index (χ2n) is 5.37. The van der Waals surface area contributed by atoms with Crippen LogP contribution in [0.3, 0.4) is 0 Å². The van der Waals surface area contributed by atoms with Crippen molar-refractivity contribution < 1.29 is 10.2 Å². The molecule has 0 aliphatic carbocycles. The van der Waals surface area contributed by atoms with Crippen LogP contribution >= 0.6 is 0 Å². The van der Waals surface area contributed by atoms with Gasteiger partial charge >= 0.3 is 0 Å². The van der Waals surface area contributed by atoms with Crippen LogP contribution in [0.4, 0.5) is 0 Å². The molecule has 0 amide bonds. The van der Waals surface area contributed by atoms with E-state index in [-0.39, 0.29) is 11.5 Å². The van der Waals surface area contributed by atoms with Crippen molar-refractivity contribution in [1.29, 1.82) is 0 Å². The second kappa shape index (κ2) is 7.50. The molecule has 2 heteroatoms. The highest BCUT2D eigenvalue weighted by atomic mass is 16.3. The number of phenols is 2. The summed E-state index contributed by atoms with van der Waals surface area (Å²) in [7, 11) is 0. The minimum Gasteiger partial charge on any atom is -0.508 e. The van der Waals surface area contributed by atoms with Crippen LogP contribution in [0.25, 0.3) is 11.1 Å². The van der Waals surface area contributed by atoms with Crippen molar-refractivity contribution in [2.24, 2.45) is 0 Å². The van der Waals surface area contributed by atoms with E-state index in [2.05, 4.69) is 19.7 Å². The van der Waals surface area contributed by atoms with Crippen molar-refractivity contribution in [1.82, 2.24) is 0 Å². The first-order valence-electron chi connectivity index (χ1n) is 7.61. The molecule has 0 saturated heterocycles. The van der Waals surface area contributed by atoms with Gasteiger partial charge in [0.25, 0.3) is 0 Å². The van der Waals surface area contributed by atoms with E-state index in [0.717, 1.165) is 27.8 Å². The molecular formula is C21H22O2. The molecule has 2 nitrogen and oxygen atoms in total. The second-order valence-corrected chi connectivity index (χ2v) is 5.37. The fraction of sp³-hybridized carbons (Fsp3) is 0.143. The Morgan fingerprint density at radius 2 is 1.17 bits per heavy atom. The molecule has 0 radical (unpaired) electrons. The lowest BCUT2D eigenvalue weighted by Crippen LogP contribution is -1.99.